The van der Waals surface area contributed by atoms with Crippen LogP contribution < -0.4 is 9.03 Å². The minimum atomic E-state index is -2.01. The zero-order valence-corrected chi connectivity index (χ0v) is 13.9. The molecular weight excluding hydrogens is 354 g/mol. The summed E-state index contributed by atoms with van der Waals surface area (Å²) in [6.45, 7) is 1.55. The summed E-state index contributed by atoms with van der Waals surface area (Å²) in [6.07, 6.45) is 3.14. The van der Waals surface area contributed by atoms with Gasteiger partial charge >= 0.3 is 0 Å². The summed E-state index contributed by atoms with van der Waals surface area (Å²) in [5.74, 6) is -2.86. The number of nitrogens with one attached hydrogen (secondary N) is 1. The molecule has 2 aromatic rings. The number of aromatic nitrogens is 2. The van der Waals surface area contributed by atoms with Gasteiger partial charge in [-0.3, -0.25) is 18.5 Å². The van der Waals surface area contributed by atoms with E-state index in [1.807, 2.05) is 6.92 Å². The summed E-state index contributed by atoms with van der Waals surface area (Å²) >= 11 is -2.01. The molecule has 2 aliphatic rings. The van der Waals surface area contributed by atoms with Gasteiger partial charge in [0.1, 0.15) is 18.0 Å². The number of rotatable bonds is 3. The van der Waals surface area contributed by atoms with Gasteiger partial charge in [-0.05, 0) is 31.9 Å². The van der Waals surface area contributed by atoms with Crippen LogP contribution in [0.3, 0.4) is 0 Å². The van der Waals surface area contributed by atoms with E-state index in [1.54, 1.807) is 0 Å². The first kappa shape index (κ1) is 16.0. The van der Waals surface area contributed by atoms with Gasteiger partial charge in [-0.25, -0.2) is 8.60 Å². The van der Waals surface area contributed by atoms with E-state index in [-0.39, 0.29) is 23.2 Å². The maximum Gasteiger partial charge on any atom is 0.253 e. The topological polar surface area (TPSA) is 87.5 Å². The van der Waals surface area contributed by atoms with Crippen molar-refractivity contribution in [2.24, 2.45) is 0 Å². The van der Waals surface area contributed by atoms with Gasteiger partial charge in [-0.15, -0.1) is 5.10 Å². The van der Waals surface area contributed by atoms with Crippen LogP contribution in [-0.2, 0) is 21.5 Å². The average Bonchev–Trinajstić information content (AvgIpc) is 3.04. The number of hydrogen-bond donors (Lipinski definition) is 2. The molecule has 0 radical (unpaired) electrons. The van der Waals surface area contributed by atoms with Gasteiger partial charge in [0, 0.05) is 11.8 Å². The summed E-state index contributed by atoms with van der Waals surface area (Å²) in [7, 11) is 0. The Labute approximate surface area is 144 Å². The lowest BCUT2D eigenvalue weighted by Gasteiger charge is -2.17. The molecule has 1 aromatic heterocycles. The lowest BCUT2D eigenvalue weighted by atomic mass is 10.1. The summed E-state index contributed by atoms with van der Waals surface area (Å²) in [5.41, 5.74) is -0.866. The molecule has 1 amide bonds. The Morgan fingerprint density at radius 1 is 1.32 bits per heavy atom. The third kappa shape index (κ3) is 2.48. The molecule has 1 unspecified atom stereocenters. The second-order valence-corrected chi connectivity index (χ2v) is 7.52. The SMILES string of the molecule is CC1(n2cc(-c3ccc(O)c(N4CC(=O)NS4=O)c3F)c(F)n2)CC1. The highest BCUT2D eigenvalue weighted by Crippen LogP contribution is 2.44. The predicted octanol–water partition coefficient (Wildman–Crippen LogP) is 1.56. The number of carbonyl (C=O) groups is 1. The van der Waals surface area contributed by atoms with Gasteiger partial charge in [-0.2, -0.15) is 4.39 Å². The molecule has 2 heterocycles. The van der Waals surface area contributed by atoms with E-state index >= 15 is 0 Å². The van der Waals surface area contributed by atoms with Crippen LogP contribution in [0, 0.1) is 11.8 Å². The van der Waals surface area contributed by atoms with Crippen molar-refractivity contribution in [3.63, 3.8) is 0 Å². The second kappa shape index (κ2) is 5.25. The predicted molar refractivity (Wildman–Crippen MR) is 85.8 cm³/mol. The first-order chi connectivity index (χ1) is 11.8. The smallest absolute Gasteiger partial charge is 0.253 e. The van der Waals surface area contributed by atoms with Crippen molar-refractivity contribution >= 4 is 22.8 Å². The number of phenolic OH excluding ortho intramolecular Hbond substituents is 1. The molecule has 7 nitrogen and oxygen atoms in total. The van der Waals surface area contributed by atoms with E-state index in [1.165, 1.54) is 23.0 Å². The highest BCUT2D eigenvalue weighted by atomic mass is 32.2. The number of carbonyl (C=O) groups excluding carboxylic acids is 1. The zero-order chi connectivity index (χ0) is 17.9. The van der Waals surface area contributed by atoms with Crippen molar-refractivity contribution < 1.29 is 22.9 Å². The molecule has 0 bridgehead atoms. The molecule has 4 rings (SSSR count). The molecule has 10 heteroatoms. The number of hydrogen-bond acceptors (Lipinski definition) is 4. The summed E-state index contributed by atoms with van der Waals surface area (Å²) in [6, 6.07) is 2.39. The Balaban J connectivity index is 1.82. The molecule has 1 saturated heterocycles. The maximum atomic E-state index is 15.0. The molecule has 1 aromatic carbocycles. The van der Waals surface area contributed by atoms with Gasteiger partial charge in [0.2, 0.25) is 17.1 Å². The van der Waals surface area contributed by atoms with E-state index in [2.05, 4.69) is 9.82 Å². The van der Waals surface area contributed by atoms with E-state index < -0.39 is 40.3 Å². The quantitative estimate of drug-likeness (QED) is 0.861. The normalized spacial score (nSPS) is 21.5. The van der Waals surface area contributed by atoms with Crippen molar-refractivity contribution in [3.05, 3.63) is 30.1 Å². The second-order valence-electron chi connectivity index (χ2n) is 6.38. The monoisotopic (exact) mass is 368 g/mol. The molecule has 2 N–H and O–H groups in total. The molecule has 2 fully saturated rings. The van der Waals surface area contributed by atoms with Crippen LogP contribution in [0.15, 0.2) is 18.3 Å². The lowest BCUT2D eigenvalue weighted by Crippen LogP contribution is -2.23. The highest BCUT2D eigenvalue weighted by molar-refractivity contribution is 7.85. The lowest BCUT2D eigenvalue weighted by molar-refractivity contribution is -0.117. The van der Waals surface area contributed by atoms with Gasteiger partial charge in [0.25, 0.3) is 5.91 Å². The Bertz CT molecular complexity index is 926. The first-order valence-corrected chi connectivity index (χ1v) is 8.67. The minimum Gasteiger partial charge on any atom is -0.506 e. The highest BCUT2D eigenvalue weighted by Gasteiger charge is 2.41. The molecule has 1 atom stereocenters. The van der Waals surface area contributed by atoms with Crippen molar-refractivity contribution in [1.82, 2.24) is 14.5 Å². The molecule has 25 heavy (non-hydrogen) atoms. The van der Waals surface area contributed by atoms with Crippen LogP contribution in [0.5, 0.6) is 5.75 Å². The molecular formula is C15H14F2N4O3S. The third-order valence-corrected chi connectivity index (χ3v) is 5.63. The number of anilines is 1. The third-order valence-electron chi connectivity index (χ3n) is 4.52. The van der Waals surface area contributed by atoms with Crippen LogP contribution in [0.4, 0.5) is 14.5 Å². The van der Waals surface area contributed by atoms with Crippen molar-refractivity contribution in [2.45, 2.75) is 25.3 Å². The average molecular weight is 368 g/mol. The number of phenols is 1. The Kier molecular flexibility index (Phi) is 3.36. The summed E-state index contributed by atoms with van der Waals surface area (Å²) < 4.78 is 45.6. The zero-order valence-electron chi connectivity index (χ0n) is 13.1. The summed E-state index contributed by atoms with van der Waals surface area (Å²) in [5, 5.41) is 13.8. The number of amides is 1. The van der Waals surface area contributed by atoms with Crippen LogP contribution in [0.2, 0.25) is 0 Å². The van der Waals surface area contributed by atoms with Gasteiger partial charge in [-0.1, -0.05) is 0 Å². The van der Waals surface area contributed by atoms with Crippen LogP contribution in [0.25, 0.3) is 11.1 Å². The van der Waals surface area contributed by atoms with Gasteiger partial charge < -0.3 is 5.11 Å². The van der Waals surface area contributed by atoms with Crippen molar-refractivity contribution in [2.75, 3.05) is 10.8 Å². The molecule has 0 spiro atoms. The maximum absolute atomic E-state index is 15.0. The van der Waals surface area contributed by atoms with Gasteiger partial charge in [0.05, 0.1) is 11.1 Å². The van der Waals surface area contributed by atoms with Crippen LogP contribution in [-0.4, -0.2) is 31.5 Å². The van der Waals surface area contributed by atoms with Crippen LogP contribution >= 0.6 is 0 Å². The van der Waals surface area contributed by atoms with Crippen molar-refractivity contribution in [1.29, 1.82) is 0 Å². The Morgan fingerprint density at radius 2 is 2.04 bits per heavy atom. The first-order valence-electron chi connectivity index (χ1n) is 7.56. The fourth-order valence-corrected chi connectivity index (χ4v) is 3.70. The van der Waals surface area contributed by atoms with Gasteiger partial charge in [0.15, 0.2) is 5.82 Å². The molecule has 132 valence electrons. The minimum absolute atomic E-state index is 0.0591. The number of nitrogens with zero attached hydrogens (tertiary/aromatic N) is 3. The number of halogens is 2. The molecule has 1 aliphatic carbocycles. The van der Waals surface area contributed by atoms with E-state index in [0.717, 1.165) is 17.1 Å². The fraction of sp³-hybridized carbons (Fsp3) is 0.333. The Morgan fingerprint density at radius 3 is 2.64 bits per heavy atom. The molecule has 1 aliphatic heterocycles. The number of benzene rings is 1. The van der Waals surface area contributed by atoms with E-state index in [9.17, 15) is 22.9 Å². The van der Waals surface area contributed by atoms with Crippen molar-refractivity contribution in [3.8, 4) is 16.9 Å². The molecule has 1 saturated carbocycles. The standard InChI is InChI=1S/C15H14F2N4O3S/c1-15(4-5-15)21-6-9(14(17)18-21)8-2-3-10(22)13(12(8)16)20-7-11(23)19-25(20)24/h2-3,6,22H,4-5,7H2,1H3,(H,19,23). The summed E-state index contributed by atoms with van der Waals surface area (Å²) in [4.78, 5) is 11.4. The van der Waals surface area contributed by atoms with E-state index in [4.69, 9.17) is 0 Å². The van der Waals surface area contributed by atoms with E-state index in [0.29, 0.717) is 0 Å². The fourth-order valence-electron chi connectivity index (χ4n) is 2.76. The largest absolute Gasteiger partial charge is 0.506 e. The van der Waals surface area contributed by atoms with Crippen LogP contribution in [0.1, 0.15) is 19.8 Å². The Hall–Kier alpha value is -2.49. The number of aromatic hydroxyl groups is 1.